The van der Waals surface area contributed by atoms with E-state index < -0.39 is 29.5 Å². The minimum atomic E-state index is -1.17. The maximum absolute atomic E-state index is 13.1. The van der Waals surface area contributed by atoms with Crippen LogP contribution in [-0.4, -0.2) is 23.6 Å². The Hall–Kier alpha value is -2.41. The molecule has 0 aliphatic carbocycles. The lowest BCUT2D eigenvalue weighted by molar-refractivity contribution is 0.0323. The number of Topliss-reactive ketones (excluding diaryl/α,β-unsaturated/α-hetero) is 2. The quantitative estimate of drug-likeness (QED) is 0.617. The smallest absolute Gasteiger partial charge is 0.349 e. The Morgan fingerprint density at radius 2 is 1.70 bits per heavy atom. The Balaban J connectivity index is 2.09. The van der Waals surface area contributed by atoms with Gasteiger partial charge in [-0.25, -0.2) is 13.6 Å². The second kappa shape index (κ2) is 6.78. The van der Waals surface area contributed by atoms with E-state index in [1.54, 1.807) is 0 Å². The number of halogens is 2. The van der Waals surface area contributed by atoms with Crippen LogP contribution in [0.25, 0.3) is 0 Å². The van der Waals surface area contributed by atoms with Gasteiger partial charge in [-0.05, 0) is 44.2 Å². The van der Waals surface area contributed by atoms with Crippen LogP contribution in [0.2, 0.25) is 0 Å². The molecule has 2 aromatic rings. The van der Waals surface area contributed by atoms with Gasteiger partial charge >= 0.3 is 5.97 Å². The van der Waals surface area contributed by atoms with Gasteiger partial charge in [0.2, 0.25) is 5.78 Å². The fraction of sp³-hybridized carbons (Fsp3) is 0.188. The molecule has 0 N–H and O–H groups in total. The van der Waals surface area contributed by atoms with Crippen molar-refractivity contribution in [1.29, 1.82) is 0 Å². The number of ether oxygens (including phenoxy) is 1. The number of ketones is 2. The Labute approximate surface area is 134 Å². The van der Waals surface area contributed by atoms with Gasteiger partial charge in [-0.3, -0.25) is 9.59 Å². The summed E-state index contributed by atoms with van der Waals surface area (Å²) in [5, 5.41) is 0. The maximum atomic E-state index is 13.1. The van der Waals surface area contributed by atoms with Crippen molar-refractivity contribution < 1.29 is 27.9 Å². The third-order valence-corrected chi connectivity index (χ3v) is 4.18. The molecule has 23 heavy (non-hydrogen) atoms. The summed E-state index contributed by atoms with van der Waals surface area (Å²) in [5.74, 6) is -3.81. The van der Waals surface area contributed by atoms with Crippen LogP contribution in [0, 0.1) is 11.6 Å². The van der Waals surface area contributed by atoms with Crippen LogP contribution in [0.15, 0.2) is 30.3 Å². The highest BCUT2D eigenvalue weighted by molar-refractivity contribution is 7.15. The van der Waals surface area contributed by atoms with Crippen LogP contribution in [0.4, 0.5) is 8.78 Å². The zero-order valence-electron chi connectivity index (χ0n) is 12.3. The molecule has 0 radical (unpaired) electrons. The fourth-order valence-corrected chi connectivity index (χ4v) is 2.58. The van der Waals surface area contributed by atoms with Crippen LogP contribution in [0.3, 0.4) is 0 Å². The summed E-state index contributed by atoms with van der Waals surface area (Å²) >= 11 is 0.958. The van der Waals surface area contributed by atoms with Crippen molar-refractivity contribution in [3.05, 3.63) is 57.3 Å². The average Bonchev–Trinajstić information content (AvgIpc) is 2.99. The van der Waals surface area contributed by atoms with E-state index in [9.17, 15) is 23.2 Å². The van der Waals surface area contributed by atoms with Gasteiger partial charge in [0.05, 0.1) is 4.88 Å². The highest BCUT2D eigenvalue weighted by Crippen LogP contribution is 2.19. The number of carbonyl (C=O) groups is 3. The minimum Gasteiger partial charge on any atom is -0.450 e. The van der Waals surface area contributed by atoms with Crippen molar-refractivity contribution in [2.45, 2.75) is 20.0 Å². The number of benzene rings is 1. The van der Waals surface area contributed by atoms with Crippen molar-refractivity contribution in [1.82, 2.24) is 0 Å². The molecule has 1 heterocycles. The van der Waals surface area contributed by atoms with Crippen molar-refractivity contribution >= 4 is 28.9 Å². The molecule has 0 aliphatic heterocycles. The summed E-state index contributed by atoms with van der Waals surface area (Å²) in [6.45, 7) is 2.71. The molecule has 1 unspecified atom stereocenters. The minimum absolute atomic E-state index is 0.0974. The van der Waals surface area contributed by atoms with E-state index >= 15 is 0 Å². The maximum Gasteiger partial charge on any atom is 0.349 e. The van der Waals surface area contributed by atoms with E-state index in [1.807, 2.05) is 0 Å². The third-order valence-electron chi connectivity index (χ3n) is 3.01. The molecule has 0 bridgehead atoms. The second-order valence-corrected chi connectivity index (χ2v) is 5.84. The topological polar surface area (TPSA) is 60.4 Å². The van der Waals surface area contributed by atoms with Crippen LogP contribution in [0.1, 0.15) is 43.5 Å². The van der Waals surface area contributed by atoms with E-state index in [0.29, 0.717) is 4.88 Å². The Bertz CT molecular complexity index is 782. The Morgan fingerprint density at radius 3 is 2.26 bits per heavy atom. The van der Waals surface area contributed by atoms with E-state index in [2.05, 4.69) is 0 Å². The standard InChI is InChI=1S/C16H12F2O4S/c1-8(19)13-5-6-14(23-13)16(21)22-9(2)15(20)10-3-4-11(17)12(18)7-10/h3-7,9H,1-2H3. The van der Waals surface area contributed by atoms with Crippen molar-refractivity contribution in [2.75, 3.05) is 0 Å². The monoisotopic (exact) mass is 338 g/mol. The van der Waals surface area contributed by atoms with Crippen LogP contribution in [-0.2, 0) is 4.74 Å². The van der Waals surface area contributed by atoms with Gasteiger partial charge in [0, 0.05) is 5.56 Å². The summed E-state index contributed by atoms with van der Waals surface area (Å²) in [6, 6.07) is 5.62. The van der Waals surface area contributed by atoms with Gasteiger partial charge in [-0.2, -0.15) is 0 Å². The van der Waals surface area contributed by atoms with E-state index in [-0.39, 0.29) is 16.2 Å². The first kappa shape index (κ1) is 17.0. The van der Waals surface area contributed by atoms with Crippen molar-refractivity contribution in [3.8, 4) is 0 Å². The first-order valence-corrected chi connectivity index (χ1v) is 7.42. The molecule has 1 atom stereocenters. The zero-order valence-corrected chi connectivity index (χ0v) is 13.1. The van der Waals surface area contributed by atoms with Gasteiger partial charge in [-0.15, -0.1) is 11.3 Å². The SMILES string of the molecule is CC(=O)c1ccc(C(=O)OC(C)C(=O)c2ccc(F)c(F)c2)s1. The molecule has 0 saturated carbocycles. The number of thiophene rings is 1. The van der Waals surface area contributed by atoms with Crippen LogP contribution < -0.4 is 0 Å². The largest absolute Gasteiger partial charge is 0.450 e. The molecule has 4 nitrogen and oxygen atoms in total. The first-order valence-electron chi connectivity index (χ1n) is 6.60. The summed E-state index contributed by atoms with van der Waals surface area (Å²) in [7, 11) is 0. The van der Waals surface area contributed by atoms with E-state index in [0.717, 1.165) is 29.5 Å². The molecular weight excluding hydrogens is 326 g/mol. The average molecular weight is 338 g/mol. The molecule has 0 aliphatic rings. The summed E-state index contributed by atoms with van der Waals surface area (Å²) in [6.07, 6.45) is -1.17. The zero-order chi connectivity index (χ0) is 17.1. The molecule has 1 aromatic carbocycles. The Morgan fingerprint density at radius 1 is 1.04 bits per heavy atom. The number of esters is 1. The van der Waals surface area contributed by atoms with Gasteiger partial charge in [-0.1, -0.05) is 0 Å². The van der Waals surface area contributed by atoms with Gasteiger partial charge in [0.15, 0.2) is 23.5 Å². The predicted molar refractivity (Wildman–Crippen MR) is 79.9 cm³/mol. The highest BCUT2D eigenvalue weighted by atomic mass is 32.1. The number of rotatable bonds is 5. The van der Waals surface area contributed by atoms with E-state index in [1.165, 1.54) is 26.0 Å². The molecular formula is C16H12F2O4S. The van der Waals surface area contributed by atoms with Gasteiger partial charge in [0.25, 0.3) is 0 Å². The van der Waals surface area contributed by atoms with Gasteiger partial charge in [0.1, 0.15) is 4.88 Å². The number of hydrogen-bond donors (Lipinski definition) is 0. The third kappa shape index (κ3) is 3.87. The molecule has 120 valence electrons. The Kier molecular flexibility index (Phi) is 5.00. The number of carbonyl (C=O) groups excluding carboxylic acids is 3. The number of hydrogen-bond acceptors (Lipinski definition) is 5. The normalized spacial score (nSPS) is 11.8. The summed E-state index contributed by atoms with van der Waals surface area (Å²) < 4.78 is 31.0. The molecule has 0 spiro atoms. The molecule has 0 saturated heterocycles. The molecule has 0 amide bonds. The second-order valence-electron chi connectivity index (χ2n) is 4.76. The first-order chi connectivity index (χ1) is 10.8. The van der Waals surface area contributed by atoms with E-state index in [4.69, 9.17) is 4.74 Å². The fourth-order valence-electron chi connectivity index (χ4n) is 1.79. The molecule has 7 heteroatoms. The lowest BCUT2D eigenvalue weighted by atomic mass is 10.1. The van der Waals surface area contributed by atoms with Crippen molar-refractivity contribution in [3.63, 3.8) is 0 Å². The van der Waals surface area contributed by atoms with Gasteiger partial charge < -0.3 is 4.74 Å². The molecule has 0 fully saturated rings. The van der Waals surface area contributed by atoms with Crippen LogP contribution in [0.5, 0.6) is 0 Å². The summed E-state index contributed by atoms with van der Waals surface area (Å²) in [4.78, 5) is 35.8. The highest BCUT2D eigenvalue weighted by Gasteiger charge is 2.22. The van der Waals surface area contributed by atoms with Crippen LogP contribution >= 0.6 is 11.3 Å². The lowest BCUT2D eigenvalue weighted by Crippen LogP contribution is -2.24. The molecule has 1 aromatic heterocycles. The predicted octanol–water partition coefficient (Wildman–Crippen LogP) is 3.66. The summed E-state index contributed by atoms with van der Waals surface area (Å²) in [5.41, 5.74) is -0.0974. The van der Waals surface area contributed by atoms with Crippen molar-refractivity contribution in [2.24, 2.45) is 0 Å². The lowest BCUT2D eigenvalue weighted by Gasteiger charge is -2.11. The molecule has 2 rings (SSSR count).